The number of anilines is 1. The van der Waals surface area contributed by atoms with E-state index in [1.54, 1.807) is 0 Å². The largest absolute Gasteiger partial charge is 0.488 e. The van der Waals surface area contributed by atoms with Gasteiger partial charge in [0.15, 0.2) is 0 Å². The SMILES string of the molecule is O=C1C(c2ccccc2)=C(Nc2ccccc2)S/C1=C\c1ccc(Cl)c(Cc2ccc(O[C@H]3CCOC3)cc2)c1. The molecule has 4 aromatic carbocycles. The number of carbonyl (C=O) groups excluding carboxylic acids is 1. The lowest BCUT2D eigenvalue weighted by Crippen LogP contribution is -2.15. The van der Waals surface area contributed by atoms with Crippen LogP contribution >= 0.6 is 23.4 Å². The summed E-state index contributed by atoms with van der Waals surface area (Å²) >= 11 is 8.07. The van der Waals surface area contributed by atoms with E-state index in [4.69, 9.17) is 21.1 Å². The first-order chi connectivity index (χ1) is 19.6. The van der Waals surface area contributed by atoms with Crippen molar-refractivity contribution in [3.05, 3.63) is 140 Å². The smallest absolute Gasteiger partial charge is 0.203 e. The van der Waals surface area contributed by atoms with Crippen LogP contribution in [0.5, 0.6) is 5.75 Å². The molecular weight excluding hydrogens is 538 g/mol. The van der Waals surface area contributed by atoms with Crippen molar-refractivity contribution in [3.63, 3.8) is 0 Å². The van der Waals surface area contributed by atoms with Crippen molar-refractivity contribution in [2.75, 3.05) is 18.5 Å². The van der Waals surface area contributed by atoms with Gasteiger partial charge in [-0.25, -0.2) is 0 Å². The summed E-state index contributed by atoms with van der Waals surface area (Å²) < 4.78 is 11.4. The Morgan fingerprint density at radius 3 is 2.42 bits per heavy atom. The molecule has 1 N–H and O–H groups in total. The van der Waals surface area contributed by atoms with Crippen molar-refractivity contribution in [2.45, 2.75) is 18.9 Å². The van der Waals surface area contributed by atoms with Crippen molar-refractivity contribution in [1.82, 2.24) is 0 Å². The van der Waals surface area contributed by atoms with Crippen LogP contribution in [0.4, 0.5) is 5.69 Å². The molecule has 1 fully saturated rings. The van der Waals surface area contributed by atoms with Gasteiger partial charge in [0, 0.05) is 17.1 Å². The summed E-state index contributed by atoms with van der Waals surface area (Å²) in [6.45, 7) is 1.40. The van der Waals surface area contributed by atoms with Crippen LogP contribution in [0, 0.1) is 0 Å². The number of halogens is 1. The molecule has 0 saturated carbocycles. The molecule has 0 unspecified atom stereocenters. The molecule has 0 bridgehead atoms. The van der Waals surface area contributed by atoms with Crippen LogP contribution in [-0.4, -0.2) is 25.1 Å². The average Bonchev–Trinajstić information content (AvgIpc) is 3.60. The standard InChI is InChI=1S/C34H28ClNO3S/c35-30-16-13-24(20-26(30)19-23-11-14-28(15-12-23)39-29-17-18-38-22-29)21-31-33(37)32(25-7-3-1-4-8-25)34(40-31)36-27-9-5-2-6-10-27/h1-16,20-21,29,36H,17-19,22H2/b31-21-/t29-/m0/s1. The van der Waals surface area contributed by atoms with Crippen LogP contribution in [0.2, 0.25) is 5.02 Å². The van der Waals surface area contributed by atoms with Crippen molar-refractivity contribution in [2.24, 2.45) is 0 Å². The summed E-state index contributed by atoms with van der Waals surface area (Å²) in [5, 5.41) is 4.99. The molecule has 200 valence electrons. The molecule has 4 nitrogen and oxygen atoms in total. The first-order valence-corrected chi connectivity index (χ1v) is 14.5. The van der Waals surface area contributed by atoms with E-state index in [1.807, 2.05) is 91.0 Å². The minimum atomic E-state index is 0.00869. The minimum absolute atomic E-state index is 0.00869. The van der Waals surface area contributed by atoms with E-state index in [0.29, 0.717) is 28.5 Å². The normalized spacial score (nSPS) is 18.0. The quantitative estimate of drug-likeness (QED) is 0.218. The maximum Gasteiger partial charge on any atom is 0.203 e. The first-order valence-electron chi connectivity index (χ1n) is 13.3. The molecule has 0 aliphatic carbocycles. The number of thioether (sulfide) groups is 1. The van der Waals surface area contributed by atoms with Crippen LogP contribution in [0.25, 0.3) is 11.6 Å². The van der Waals surface area contributed by atoms with Crippen LogP contribution in [0.15, 0.2) is 113 Å². The van der Waals surface area contributed by atoms with Crippen molar-refractivity contribution in [3.8, 4) is 5.75 Å². The Morgan fingerprint density at radius 2 is 1.70 bits per heavy atom. The third kappa shape index (κ3) is 6.18. The molecule has 6 heteroatoms. The maximum absolute atomic E-state index is 13.7. The molecule has 1 atom stereocenters. The number of carbonyl (C=O) groups is 1. The van der Waals surface area contributed by atoms with Gasteiger partial charge in [0.25, 0.3) is 0 Å². The Morgan fingerprint density at radius 1 is 0.950 bits per heavy atom. The van der Waals surface area contributed by atoms with Gasteiger partial charge >= 0.3 is 0 Å². The van der Waals surface area contributed by atoms with Gasteiger partial charge in [0.05, 0.1) is 28.7 Å². The average molecular weight is 566 g/mol. The third-order valence-corrected chi connectivity index (χ3v) is 8.26. The molecule has 0 radical (unpaired) electrons. The highest BCUT2D eigenvalue weighted by atomic mass is 35.5. The number of hydrogen-bond acceptors (Lipinski definition) is 5. The van der Waals surface area contributed by atoms with E-state index in [0.717, 1.165) is 51.7 Å². The fourth-order valence-corrected chi connectivity index (χ4v) is 6.09. The first kappa shape index (κ1) is 26.5. The number of rotatable bonds is 8. The molecule has 2 aliphatic rings. The van der Waals surface area contributed by atoms with Crippen molar-refractivity contribution < 1.29 is 14.3 Å². The second-order valence-electron chi connectivity index (χ2n) is 9.78. The predicted molar refractivity (Wildman–Crippen MR) is 165 cm³/mol. The van der Waals surface area contributed by atoms with E-state index in [2.05, 4.69) is 23.5 Å². The fourth-order valence-electron chi connectivity index (χ4n) is 4.81. The molecular formula is C34H28ClNO3S. The van der Waals surface area contributed by atoms with Gasteiger partial charge in [-0.15, -0.1) is 0 Å². The summed E-state index contributed by atoms with van der Waals surface area (Å²) in [5.41, 5.74) is 5.59. The van der Waals surface area contributed by atoms with Crippen molar-refractivity contribution >= 4 is 46.5 Å². The molecule has 2 aliphatic heterocycles. The predicted octanol–water partition coefficient (Wildman–Crippen LogP) is 8.24. The number of para-hydroxylation sites is 1. The van der Waals surface area contributed by atoms with Gasteiger partial charge in [0.2, 0.25) is 5.78 Å². The zero-order valence-corrected chi connectivity index (χ0v) is 23.4. The highest BCUT2D eigenvalue weighted by Crippen LogP contribution is 2.44. The highest BCUT2D eigenvalue weighted by Gasteiger charge is 2.30. The number of nitrogens with one attached hydrogen (secondary N) is 1. The summed E-state index contributed by atoms with van der Waals surface area (Å²) in [5.74, 6) is 0.858. The molecule has 0 aromatic heterocycles. The Hall–Kier alpha value is -3.77. The van der Waals surface area contributed by atoms with Gasteiger partial charge in [0.1, 0.15) is 11.9 Å². The van der Waals surface area contributed by atoms with Crippen molar-refractivity contribution in [1.29, 1.82) is 0 Å². The summed E-state index contributed by atoms with van der Waals surface area (Å²) in [6, 6.07) is 33.8. The number of Topliss-reactive ketones (excluding diaryl/α,β-unsaturated/α-hetero) is 1. The number of hydrogen-bond donors (Lipinski definition) is 1. The van der Waals surface area contributed by atoms with E-state index in [1.165, 1.54) is 11.8 Å². The topological polar surface area (TPSA) is 47.6 Å². The highest BCUT2D eigenvalue weighted by molar-refractivity contribution is 8.08. The van der Waals surface area contributed by atoms with Crippen LogP contribution in [-0.2, 0) is 16.0 Å². The van der Waals surface area contributed by atoms with Gasteiger partial charge in [-0.05, 0) is 71.1 Å². The van der Waals surface area contributed by atoms with Crippen LogP contribution in [0.3, 0.4) is 0 Å². The molecule has 1 saturated heterocycles. The Balaban J connectivity index is 1.22. The van der Waals surface area contributed by atoms with E-state index < -0.39 is 0 Å². The number of allylic oxidation sites excluding steroid dienone is 2. The molecule has 6 rings (SSSR count). The zero-order chi connectivity index (χ0) is 27.3. The van der Waals surface area contributed by atoms with E-state index in [-0.39, 0.29) is 11.9 Å². The zero-order valence-electron chi connectivity index (χ0n) is 21.8. The Labute approximate surface area is 243 Å². The molecule has 0 spiro atoms. The lowest BCUT2D eigenvalue weighted by atomic mass is 10.00. The van der Waals surface area contributed by atoms with E-state index in [9.17, 15) is 4.79 Å². The lowest BCUT2D eigenvalue weighted by molar-refractivity contribution is -0.109. The number of benzene rings is 4. The second-order valence-corrected chi connectivity index (χ2v) is 11.2. The summed E-state index contributed by atoms with van der Waals surface area (Å²) in [6.07, 6.45) is 3.68. The molecule has 40 heavy (non-hydrogen) atoms. The van der Waals surface area contributed by atoms with E-state index >= 15 is 0 Å². The van der Waals surface area contributed by atoms with Crippen LogP contribution < -0.4 is 10.1 Å². The lowest BCUT2D eigenvalue weighted by Gasteiger charge is -2.12. The second kappa shape index (κ2) is 12.2. The molecule has 0 amide bonds. The van der Waals surface area contributed by atoms with Gasteiger partial charge in [-0.2, -0.15) is 0 Å². The van der Waals surface area contributed by atoms with Gasteiger partial charge in [-0.1, -0.05) is 90.1 Å². The number of ether oxygens (including phenoxy) is 2. The van der Waals surface area contributed by atoms with Crippen LogP contribution in [0.1, 0.15) is 28.7 Å². The van der Waals surface area contributed by atoms with Gasteiger partial charge in [-0.3, -0.25) is 4.79 Å². The van der Waals surface area contributed by atoms with Gasteiger partial charge < -0.3 is 14.8 Å². The summed E-state index contributed by atoms with van der Waals surface area (Å²) in [7, 11) is 0. The maximum atomic E-state index is 13.7. The summed E-state index contributed by atoms with van der Waals surface area (Å²) in [4.78, 5) is 14.3. The third-order valence-electron chi connectivity index (χ3n) is 6.86. The fraction of sp³-hybridized carbons (Fsp3) is 0.147. The molecule has 2 heterocycles. The Bertz CT molecular complexity index is 1560. The Kier molecular flexibility index (Phi) is 8.05. The molecule has 4 aromatic rings. The monoisotopic (exact) mass is 565 g/mol. The number of ketones is 1. The minimum Gasteiger partial charge on any atom is -0.488 e.